The molecule has 2 aromatic rings. The van der Waals surface area contributed by atoms with E-state index in [1.807, 2.05) is 11.6 Å². The lowest BCUT2D eigenvalue weighted by Gasteiger charge is -1.93. The molecular formula is C9H7FN. The minimum absolute atomic E-state index is 0.208. The van der Waals surface area contributed by atoms with Crippen LogP contribution in [0.3, 0.4) is 0 Å². The minimum atomic E-state index is -0.208. The van der Waals surface area contributed by atoms with E-state index in [0.717, 1.165) is 10.9 Å². The Balaban J connectivity index is 2.86. The number of fused-ring (bicyclic) bond motifs is 1. The molecular weight excluding hydrogens is 141 g/mol. The lowest BCUT2D eigenvalue weighted by molar-refractivity contribution is 0.629. The summed E-state index contributed by atoms with van der Waals surface area (Å²) in [7, 11) is 1.91. The summed E-state index contributed by atoms with van der Waals surface area (Å²) in [4.78, 5) is 0. The van der Waals surface area contributed by atoms with Gasteiger partial charge in [-0.05, 0) is 18.2 Å². The van der Waals surface area contributed by atoms with E-state index in [1.54, 1.807) is 12.3 Å². The first-order chi connectivity index (χ1) is 5.27. The van der Waals surface area contributed by atoms with Crippen molar-refractivity contribution in [2.24, 2.45) is 7.05 Å². The second-order valence-electron chi connectivity index (χ2n) is 2.55. The Morgan fingerprint density at radius 2 is 2.27 bits per heavy atom. The summed E-state index contributed by atoms with van der Waals surface area (Å²) in [6, 6.07) is 7.64. The smallest absolute Gasteiger partial charge is 0.123 e. The maximum absolute atomic E-state index is 12.6. The third-order valence-corrected chi connectivity index (χ3v) is 1.75. The number of hydrogen-bond acceptors (Lipinski definition) is 0. The lowest BCUT2D eigenvalue weighted by atomic mass is 10.2. The van der Waals surface area contributed by atoms with Crippen molar-refractivity contribution >= 4 is 10.9 Å². The summed E-state index contributed by atoms with van der Waals surface area (Å²) in [5.74, 6) is -0.208. The fourth-order valence-corrected chi connectivity index (χ4v) is 1.17. The van der Waals surface area contributed by atoms with E-state index in [9.17, 15) is 4.39 Å². The van der Waals surface area contributed by atoms with Gasteiger partial charge in [0.1, 0.15) is 5.82 Å². The molecule has 0 bridgehead atoms. The molecule has 1 heterocycles. The molecule has 1 nitrogen and oxygen atoms in total. The Kier molecular flexibility index (Phi) is 1.22. The third-order valence-electron chi connectivity index (χ3n) is 1.75. The first kappa shape index (κ1) is 6.40. The van der Waals surface area contributed by atoms with E-state index in [4.69, 9.17) is 0 Å². The van der Waals surface area contributed by atoms with Crippen molar-refractivity contribution in [2.75, 3.05) is 0 Å². The molecule has 55 valence electrons. The number of aromatic nitrogens is 1. The number of rotatable bonds is 0. The van der Waals surface area contributed by atoms with Gasteiger partial charge in [-0.3, -0.25) is 0 Å². The molecule has 2 heteroatoms. The number of nitrogens with zero attached hydrogens (tertiary/aromatic N) is 1. The Labute approximate surface area is 64.1 Å². The molecule has 0 saturated carbocycles. The molecule has 2 rings (SSSR count). The highest BCUT2D eigenvalue weighted by atomic mass is 19.1. The molecule has 0 spiro atoms. The zero-order valence-electron chi connectivity index (χ0n) is 6.13. The first-order valence-corrected chi connectivity index (χ1v) is 3.39. The Morgan fingerprint density at radius 1 is 1.45 bits per heavy atom. The van der Waals surface area contributed by atoms with Gasteiger partial charge in [-0.25, -0.2) is 4.39 Å². The Morgan fingerprint density at radius 3 is 3.09 bits per heavy atom. The van der Waals surface area contributed by atoms with Crippen LogP contribution in [0, 0.1) is 11.9 Å². The fourth-order valence-electron chi connectivity index (χ4n) is 1.17. The highest BCUT2D eigenvalue weighted by molar-refractivity contribution is 5.79. The average molecular weight is 148 g/mol. The highest BCUT2D eigenvalue weighted by Crippen LogP contribution is 2.14. The second-order valence-corrected chi connectivity index (χ2v) is 2.55. The van der Waals surface area contributed by atoms with E-state index in [1.165, 1.54) is 12.1 Å². The quantitative estimate of drug-likeness (QED) is 0.539. The topological polar surface area (TPSA) is 4.93 Å². The Hall–Kier alpha value is -1.31. The van der Waals surface area contributed by atoms with E-state index in [-0.39, 0.29) is 5.82 Å². The summed E-state index contributed by atoms with van der Waals surface area (Å²) in [6.07, 6.45) is 1.80. The molecule has 1 aromatic carbocycles. The first-order valence-electron chi connectivity index (χ1n) is 3.39. The van der Waals surface area contributed by atoms with Crippen LogP contribution in [0.2, 0.25) is 0 Å². The maximum atomic E-state index is 12.6. The third kappa shape index (κ3) is 0.909. The number of hydrogen-bond donors (Lipinski definition) is 0. The summed E-state index contributed by atoms with van der Waals surface area (Å²) >= 11 is 0. The van der Waals surface area contributed by atoms with Gasteiger partial charge in [-0.1, -0.05) is 0 Å². The van der Waals surface area contributed by atoms with Crippen molar-refractivity contribution in [3.63, 3.8) is 0 Å². The molecule has 0 aliphatic rings. The van der Waals surface area contributed by atoms with Crippen molar-refractivity contribution < 1.29 is 4.39 Å². The van der Waals surface area contributed by atoms with Gasteiger partial charge in [0.2, 0.25) is 0 Å². The molecule has 0 amide bonds. The molecule has 0 fully saturated rings. The van der Waals surface area contributed by atoms with Crippen molar-refractivity contribution in [1.82, 2.24) is 4.57 Å². The van der Waals surface area contributed by atoms with E-state index in [2.05, 4.69) is 6.07 Å². The van der Waals surface area contributed by atoms with Crippen LogP contribution in [0.25, 0.3) is 10.9 Å². The van der Waals surface area contributed by atoms with Crippen molar-refractivity contribution in [3.05, 3.63) is 36.3 Å². The van der Waals surface area contributed by atoms with Gasteiger partial charge in [0.05, 0.1) is 0 Å². The van der Waals surface area contributed by atoms with Gasteiger partial charge in [0, 0.05) is 30.2 Å². The molecule has 11 heavy (non-hydrogen) atoms. The largest absolute Gasteiger partial charge is 0.350 e. The second kappa shape index (κ2) is 2.09. The van der Waals surface area contributed by atoms with Crippen LogP contribution in [0.15, 0.2) is 24.4 Å². The summed E-state index contributed by atoms with van der Waals surface area (Å²) in [6.45, 7) is 0. The minimum Gasteiger partial charge on any atom is -0.350 e. The molecule has 0 atom stereocenters. The van der Waals surface area contributed by atoms with Crippen LogP contribution in [0.1, 0.15) is 0 Å². The number of halogens is 1. The fraction of sp³-hybridized carbons (Fsp3) is 0.111. The molecule has 0 saturated heterocycles. The van der Waals surface area contributed by atoms with Crippen LogP contribution >= 0.6 is 0 Å². The van der Waals surface area contributed by atoms with Crippen molar-refractivity contribution in [2.45, 2.75) is 0 Å². The van der Waals surface area contributed by atoms with Gasteiger partial charge in [-0.15, -0.1) is 0 Å². The van der Waals surface area contributed by atoms with Gasteiger partial charge < -0.3 is 4.57 Å². The SMILES string of the molecule is Cn1c[c]c2cc(F)ccc21. The number of benzene rings is 1. The zero-order chi connectivity index (χ0) is 7.84. The maximum Gasteiger partial charge on any atom is 0.123 e. The van der Waals surface area contributed by atoms with Crippen LogP contribution in [-0.2, 0) is 7.05 Å². The predicted molar refractivity (Wildman–Crippen MR) is 41.7 cm³/mol. The summed E-state index contributed by atoms with van der Waals surface area (Å²) < 4.78 is 14.5. The molecule has 1 aromatic heterocycles. The standard InChI is InChI=1S/C9H7FN/c1-11-5-4-7-6-8(10)2-3-9(7)11/h2-3,5-6H,1H3. The van der Waals surface area contributed by atoms with Crippen LogP contribution in [0.5, 0.6) is 0 Å². The van der Waals surface area contributed by atoms with E-state index in [0.29, 0.717) is 0 Å². The average Bonchev–Trinajstić information content (AvgIpc) is 2.32. The highest BCUT2D eigenvalue weighted by Gasteiger charge is 1.97. The number of aryl methyl sites for hydroxylation is 1. The van der Waals surface area contributed by atoms with Crippen LogP contribution in [0.4, 0.5) is 4.39 Å². The lowest BCUT2D eigenvalue weighted by Crippen LogP contribution is -1.83. The van der Waals surface area contributed by atoms with Gasteiger partial charge in [-0.2, -0.15) is 0 Å². The molecule has 1 radical (unpaired) electrons. The molecule has 0 unspecified atom stereocenters. The summed E-state index contributed by atoms with van der Waals surface area (Å²) in [5.41, 5.74) is 1.01. The normalized spacial score (nSPS) is 10.7. The van der Waals surface area contributed by atoms with Gasteiger partial charge in [0.25, 0.3) is 0 Å². The zero-order valence-corrected chi connectivity index (χ0v) is 6.13. The van der Waals surface area contributed by atoms with Crippen molar-refractivity contribution in [3.8, 4) is 0 Å². The van der Waals surface area contributed by atoms with Gasteiger partial charge in [0.15, 0.2) is 0 Å². The van der Waals surface area contributed by atoms with Gasteiger partial charge >= 0.3 is 0 Å². The monoisotopic (exact) mass is 148 g/mol. The Bertz CT molecular complexity index is 389. The van der Waals surface area contributed by atoms with Crippen molar-refractivity contribution in [1.29, 1.82) is 0 Å². The molecule has 0 aliphatic heterocycles. The summed E-state index contributed by atoms with van der Waals surface area (Å²) in [5, 5.41) is 0.826. The van der Waals surface area contributed by atoms with E-state index >= 15 is 0 Å². The van der Waals surface area contributed by atoms with Crippen LogP contribution in [-0.4, -0.2) is 4.57 Å². The van der Waals surface area contributed by atoms with E-state index < -0.39 is 0 Å². The molecule has 0 N–H and O–H groups in total. The van der Waals surface area contributed by atoms with Crippen LogP contribution < -0.4 is 0 Å². The molecule has 0 aliphatic carbocycles. The predicted octanol–water partition coefficient (Wildman–Crippen LogP) is 2.12.